The van der Waals surface area contributed by atoms with Gasteiger partial charge in [0, 0.05) is 23.4 Å². The highest BCUT2D eigenvalue weighted by Crippen LogP contribution is 2.48. The molecule has 2 amide bonds. The zero-order valence-corrected chi connectivity index (χ0v) is 14.1. The summed E-state index contributed by atoms with van der Waals surface area (Å²) in [5, 5.41) is 0.432. The molecule has 2 aliphatic heterocycles. The van der Waals surface area contributed by atoms with Crippen LogP contribution in [0.4, 0.5) is 5.69 Å². The molecule has 124 valence electrons. The van der Waals surface area contributed by atoms with E-state index in [0.29, 0.717) is 34.9 Å². The summed E-state index contributed by atoms with van der Waals surface area (Å²) in [7, 11) is 0. The number of ketones is 1. The molecule has 24 heavy (non-hydrogen) atoms. The van der Waals surface area contributed by atoms with Crippen molar-refractivity contribution in [2.24, 2.45) is 11.3 Å². The van der Waals surface area contributed by atoms with Gasteiger partial charge >= 0.3 is 0 Å². The SMILES string of the molecule is CC1(C)CC(=O)C2=C(C1)O[C@@H]1C(=O)N(c3cccc(Cl)c3)C(=O)[C@H]21. The predicted octanol–water partition coefficient (Wildman–Crippen LogP) is 2.87. The van der Waals surface area contributed by atoms with Gasteiger partial charge in [-0.15, -0.1) is 0 Å². The molecule has 0 unspecified atom stereocenters. The Kier molecular flexibility index (Phi) is 3.16. The van der Waals surface area contributed by atoms with Gasteiger partial charge in [-0.05, 0) is 23.6 Å². The summed E-state index contributed by atoms with van der Waals surface area (Å²) in [6.45, 7) is 3.96. The number of halogens is 1. The summed E-state index contributed by atoms with van der Waals surface area (Å²) in [6.07, 6.45) is -0.00474. The first kappa shape index (κ1) is 15.4. The number of imide groups is 1. The average Bonchev–Trinajstić information content (AvgIpc) is 2.94. The van der Waals surface area contributed by atoms with Gasteiger partial charge in [0.1, 0.15) is 11.7 Å². The Morgan fingerprint density at radius 2 is 1.92 bits per heavy atom. The van der Waals surface area contributed by atoms with Crippen molar-refractivity contribution in [2.45, 2.75) is 32.8 Å². The number of nitrogens with zero attached hydrogens (tertiary/aromatic N) is 1. The van der Waals surface area contributed by atoms with E-state index < -0.39 is 23.8 Å². The normalized spacial score (nSPS) is 28.1. The third-order valence-corrected chi connectivity index (χ3v) is 5.01. The number of amides is 2. The lowest BCUT2D eigenvalue weighted by molar-refractivity contribution is -0.126. The van der Waals surface area contributed by atoms with E-state index in [1.54, 1.807) is 24.3 Å². The lowest BCUT2D eigenvalue weighted by Crippen LogP contribution is -2.34. The molecule has 0 saturated carbocycles. The van der Waals surface area contributed by atoms with Crippen LogP contribution in [0.2, 0.25) is 5.02 Å². The Labute approximate surface area is 144 Å². The van der Waals surface area contributed by atoms with Crippen LogP contribution in [0.25, 0.3) is 0 Å². The van der Waals surface area contributed by atoms with Crippen molar-refractivity contribution < 1.29 is 19.1 Å². The minimum atomic E-state index is -0.931. The number of carbonyl (C=O) groups is 3. The molecule has 0 bridgehead atoms. The van der Waals surface area contributed by atoms with Gasteiger partial charge in [-0.1, -0.05) is 31.5 Å². The summed E-state index contributed by atoms with van der Waals surface area (Å²) in [4.78, 5) is 39.2. The van der Waals surface area contributed by atoms with Crippen LogP contribution in [0.15, 0.2) is 35.6 Å². The highest BCUT2D eigenvalue weighted by molar-refractivity contribution is 6.32. The molecular weight excluding hydrogens is 330 g/mol. The predicted molar refractivity (Wildman–Crippen MR) is 87.4 cm³/mol. The number of Topliss-reactive ketones (excluding diaryl/α,β-unsaturated/α-hetero) is 1. The molecule has 4 rings (SSSR count). The van der Waals surface area contributed by atoms with Crippen LogP contribution in [-0.4, -0.2) is 23.7 Å². The molecule has 1 saturated heterocycles. The highest BCUT2D eigenvalue weighted by Gasteiger charge is 2.59. The van der Waals surface area contributed by atoms with Gasteiger partial charge in [-0.3, -0.25) is 14.4 Å². The number of benzene rings is 1. The maximum atomic E-state index is 12.9. The van der Waals surface area contributed by atoms with Crippen LogP contribution in [0.3, 0.4) is 0 Å². The lowest BCUT2D eigenvalue weighted by Gasteiger charge is -2.29. The zero-order valence-electron chi connectivity index (χ0n) is 13.3. The first-order valence-corrected chi connectivity index (χ1v) is 8.22. The third-order valence-electron chi connectivity index (χ3n) is 4.78. The van der Waals surface area contributed by atoms with Crippen LogP contribution in [0.5, 0.6) is 0 Å². The van der Waals surface area contributed by atoms with Crippen LogP contribution in [0.1, 0.15) is 26.7 Å². The number of anilines is 1. The smallest absolute Gasteiger partial charge is 0.276 e. The summed E-state index contributed by atoms with van der Waals surface area (Å²) in [6, 6.07) is 6.54. The van der Waals surface area contributed by atoms with Crippen molar-refractivity contribution in [3.05, 3.63) is 40.6 Å². The van der Waals surface area contributed by atoms with Gasteiger partial charge in [0.15, 0.2) is 11.9 Å². The number of hydrogen-bond acceptors (Lipinski definition) is 4. The molecule has 0 radical (unpaired) electrons. The van der Waals surface area contributed by atoms with E-state index in [9.17, 15) is 14.4 Å². The Morgan fingerprint density at radius 1 is 1.17 bits per heavy atom. The molecule has 1 aromatic rings. The Bertz CT molecular complexity index is 826. The molecule has 0 aromatic heterocycles. The summed E-state index contributed by atoms with van der Waals surface area (Å²) < 4.78 is 5.77. The molecule has 1 aromatic carbocycles. The van der Waals surface area contributed by atoms with E-state index in [2.05, 4.69) is 0 Å². The van der Waals surface area contributed by atoms with Crippen LogP contribution < -0.4 is 4.90 Å². The van der Waals surface area contributed by atoms with E-state index >= 15 is 0 Å². The molecule has 1 fully saturated rings. The number of carbonyl (C=O) groups excluding carboxylic acids is 3. The van der Waals surface area contributed by atoms with Crippen molar-refractivity contribution in [2.75, 3.05) is 4.90 Å². The van der Waals surface area contributed by atoms with Crippen molar-refractivity contribution in [1.82, 2.24) is 0 Å². The maximum absolute atomic E-state index is 12.9. The van der Waals surface area contributed by atoms with Gasteiger partial charge in [0.05, 0.1) is 5.69 Å². The summed E-state index contributed by atoms with van der Waals surface area (Å²) in [5.41, 5.74) is 0.580. The topological polar surface area (TPSA) is 63.7 Å². The molecule has 1 aliphatic carbocycles. The number of hydrogen-bond donors (Lipinski definition) is 0. The van der Waals surface area contributed by atoms with Gasteiger partial charge < -0.3 is 4.74 Å². The van der Waals surface area contributed by atoms with Crippen LogP contribution in [0, 0.1) is 11.3 Å². The summed E-state index contributed by atoms with van der Waals surface area (Å²) in [5.74, 6) is -1.26. The quantitative estimate of drug-likeness (QED) is 0.734. The zero-order chi connectivity index (χ0) is 17.2. The Balaban J connectivity index is 1.74. The molecule has 6 heteroatoms. The molecule has 3 aliphatic rings. The van der Waals surface area contributed by atoms with E-state index in [-0.39, 0.29) is 11.2 Å². The second-order valence-electron chi connectivity index (χ2n) is 7.29. The monoisotopic (exact) mass is 345 g/mol. The van der Waals surface area contributed by atoms with Gasteiger partial charge in [0.2, 0.25) is 5.91 Å². The second-order valence-corrected chi connectivity index (χ2v) is 7.72. The van der Waals surface area contributed by atoms with Crippen molar-refractivity contribution >= 4 is 34.9 Å². The fourth-order valence-electron chi connectivity index (χ4n) is 3.79. The number of ether oxygens (including phenoxy) is 1. The number of allylic oxidation sites excluding steroid dienone is 1. The number of rotatable bonds is 1. The molecule has 5 nitrogen and oxygen atoms in total. The average molecular weight is 346 g/mol. The standard InChI is InChI=1S/C18H16ClNO4/c1-18(2)7-11(21)13-12(8-18)24-15-14(13)16(22)20(17(15)23)10-5-3-4-9(19)6-10/h3-6,14-15H,7-8H2,1-2H3/t14-,15+/m1/s1. The molecular formula is C18H16ClNO4. The van der Waals surface area contributed by atoms with Crippen molar-refractivity contribution in [3.8, 4) is 0 Å². The molecule has 2 atom stereocenters. The highest BCUT2D eigenvalue weighted by atomic mass is 35.5. The first-order chi connectivity index (χ1) is 11.3. The molecule has 2 heterocycles. The minimum Gasteiger partial charge on any atom is -0.483 e. The Hall–Kier alpha value is -2.14. The van der Waals surface area contributed by atoms with Crippen LogP contribution in [-0.2, 0) is 19.1 Å². The van der Waals surface area contributed by atoms with Gasteiger partial charge in [-0.2, -0.15) is 0 Å². The van der Waals surface area contributed by atoms with E-state index in [4.69, 9.17) is 16.3 Å². The largest absolute Gasteiger partial charge is 0.483 e. The maximum Gasteiger partial charge on any atom is 0.276 e. The molecule has 0 N–H and O–H groups in total. The fraction of sp³-hybridized carbons (Fsp3) is 0.389. The summed E-state index contributed by atoms with van der Waals surface area (Å²) >= 11 is 5.96. The minimum absolute atomic E-state index is 0.0946. The van der Waals surface area contributed by atoms with Crippen molar-refractivity contribution in [1.29, 1.82) is 0 Å². The van der Waals surface area contributed by atoms with E-state index in [1.807, 2.05) is 13.8 Å². The first-order valence-electron chi connectivity index (χ1n) is 7.85. The van der Waals surface area contributed by atoms with E-state index in [1.165, 1.54) is 0 Å². The van der Waals surface area contributed by atoms with Crippen LogP contribution >= 0.6 is 11.6 Å². The van der Waals surface area contributed by atoms with Crippen molar-refractivity contribution in [3.63, 3.8) is 0 Å². The molecule has 0 spiro atoms. The third kappa shape index (κ3) is 2.11. The lowest BCUT2D eigenvalue weighted by atomic mass is 9.74. The van der Waals surface area contributed by atoms with Gasteiger partial charge in [-0.25, -0.2) is 4.90 Å². The number of fused-ring (bicyclic) bond motifs is 2. The van der Waals surface area contributed by atoms with E-state index in [0.717, 1.165) is 4.90 Å². The fourth-order valence-corrected chi connectivity index (χ4v) is 3.98. The van der Waals surface area contributed by atoms with Gasteiger partial charge in [0.25, 0.3) is 5.91 Å². The Morgan fingerprint density at radius 3 is 2.62 bits per heavy atom. The second kappa shape index (κ2) is 4.93.